The van der Waals surface area contributed by atoms with Crippen molar-refractivity contribution in [3.63, 3.8) is 0 Å². The van der Waals surface area contributed by atoms with Gasteiger partial charge in [-0.25, -0.2) is 22.0 Å². The molecular formula is C16H15F5O2. The molecule has 2 nitrogen and oxygen atoms in total. The van der Waals surface area contributed by atoms with Crippen LogP contribution in [0.1, 0.15) is 26.3 Å². The third kappa shape index (κ3) is 2.16. The molecule has 1 unspecified atom stereocenters. The van der Waals surface area contributed by atoms with Crippen molar-refractivity contribution in [1.82, 2.24) is 0 Å². The summed E-state index contributed by atoms with van der Waals surface area (Å²) in [5.74, 6) is -12.3. The van der Waals surface area contributed by atoms with Gasteiger partial charge in [0.05, 0.1) is 5.41 Å². The van der Waals surface area contributed by atoms with Crippen molar-refractivity contribution in [2.24, 2.45) is 16.7 Å². The molecule has 0 aromatic heterocycles. The lowest BCUT2D eigenvalue weighted by Gasteiger charge is -2.17. The molecule has 1 aliphatic rings. The van der Waals surface area contributed by atoms with Gasteiger partial charge in [-0.05, 0) is 24.7 Å². The van der Waals surface area contributed by atoms with Gasteiger partial charge in [-0.2, -0.15) is 0 Å². The van der Waals surface area contributed by atoms with E-state index in [9.17, 15) is 31.9 Å². The van der Waals surface area contributed by atoms with Gasteiger partial charge in [0.1, 0.15) is 0 Å². The highest BCUT2D eigenvalue weighted by molar-refractivity contribution is 5.82. The molecule has 23 heavy (non-hydrogen) atoms. The molecule has 0 radical (unpaired) electrons. The van der Waals surface area contributed by atoms with Gasteiger partial charge in [0.2, 0.25) is 5.82 Å². The van der Waals surface area contributed by atoms with Gasteiger partial charge in [0, 0.05) is 5.56 Å². The number of carboxylic acid groups (broad SMARTS) is 1. The minimum atomic E-state index is -2.26. The van der Waals surface area contributed by atoms with Crippen molar-refractivity contribution in [1.29, 1.82) is 0 Å². The predicted octanol–water partition coefficient (Wildman–Crippen LogP) is 4.23. The zero-order valence-corrected chi connectivity index (χ0v) is 12.7. The lowest BCUT2D eigenvalue weighted by Crippen LogP contribution is -2.26. The number of carbonyl (C=O) groups is 1. The monoisotopic (exact) mass is 334 g/mol. The molecule has 0 amide bonds. The van der Waals surface area contributed by atoms with Crippen molar-refractivity contribution in [2.75, 3.05) is 0 Å². The fourth-order valence-corrected chi connectivity index (χ4v) is 3.40. The number of hydrogen-bond donors (Lipinski definition) is 1. The van der Waals surface area contributed by atoms with E-state index in [1.165, 1.54) is 0 Å². The molecular weight excluding hydrogens is 319 g/mol. The summed E-state index contributed by atoms with van der Waals surface area (Å²) >= 11 is 0. The van der Waals surface area contributed by atoms with Gasteiger partial charge >= 0.3 is 5.97 Å². The molecule has 0 saturated heterocycles. The SMILES string of the molecule is C/C=C/C1C(C)(C)[C@]1(Cc1c(F)c(F)c(F)c(F)c1F)C(=O)O. The van der Waals surface area contributed by atoms with Gasteiger partial charge in [0.15, 0.2) is 23.3 Å². The third-order valence-corrected chi connectivity index (χ3v) is 4.90. The molecule has 0 spiro atoms. The Kier molecular flexibility index (Phi) is 4.03. The normalized spacial score (nSPS) is 25.8. The summed E-state index contributed by atoms with van der Waals surface area (Å²) in [4.78, 5) is 11.7. The molecule has 2 atom stereocenters. The van der Waals surface area contributed by atoms with E-state index in [0.717, 1.165) is 0 Å². The quantitative estimate of drug-likeness (QED) is 0.387. The summed E-state index contributed by atoms with van der Waals surface area (Å²) in [5, 5.41) is 9.53. The maximum atomic E-state index is 13.9. The van der Waals surface area contributed by atoms with Crippen molar-refractivity contribution < 1.29 is 31.9 Å². The van der Waals surface area contributed by atoms with E-state index in [1.54, 1.807) is 32.9 Å². The van der Waals surface area contributed by atoms with E-state index in [4.69, 9.17) is 0 Å². The summed E-state index contributed by atoms with van der Waals surface area (Å²) in [6.45, 7) is 4.81. The van der Waals surface area contributed by atoms with Crippen LogP contribution in [0.2, 0.25) is 0 Å². The highest BCUT2D eigenvalue weighted by Crippen LogP contribution is 2.71. The summed E-state index contributed by atoms with van der Waals surface area (Å²) in [6.07, 6.45) is 2.38. The Morgan fingerprint density at radius 1 is 1.04 bits per heavy atom. The largest absolute Gasteiger partial charge is 0.481 e. The van der Waals surface area contributed by atoms with Gasteiger partial charge in [-0.1, -0.05) is 26.0 Å². The maximum Gasteiger partial charge on any atom is 0.311 e. The Bertz CT molecular complexity index is 682. The van der Waals surface area contributed by atoms with Crippen LogP contribution in [0.4, 0.5) is 22.0 Å². The molecule has 1 aromatic carbocycles. The third-order valence-electron chi connectivity index (χ3n) is 4.90. The number of rotatable bonds is 4. The van der Waals surface area contributed by atoms with Gasteiger partial charge in [0.25, 0.3) is 0 Å². The number of hydrogen-bond acceptors (Lipinski definition) is 1. The summed E-state index contributed by atoms with van der Waals surface area (Å²) in [6, 6.07) is 0. The van der Waals surface area contributed by atoms with Crippen LogP contribution in [0.15, 0.2) is 12.2 Å². The number of halogens is 5. The number of allylic oxidation sites excluding steroid dienone is 2. The first-order chi connectivity index (χ1) is 10.5. The van der Waals surface area contributed by atoms with Crippen LogP contribution in [-0.4, -0.2) is 11.1 Å². The Hall–Kier alpha value is -1.92. The molecule has 126 valence electrons. The molecule has 1 aromatic rings. The minimum absolute atomic E-state index is 0.576. The fraction of sp³-hybridized carbons (Fsp3) is 0.438. The van der Waals surface area contributed by atoms with Gasteiger partial charge in [-0.15, -0.1) is 0 Å². The molecule has 1 N–H and O–H groups in total. The molecule has 1 fully saturated rings. The maximum absolute atomic E-state index is 13.9. The van der Waals surface area contributed by atoms with E-state index in [2.05, 4.69) is 0 Å². The zero-order chi connectivity index (χ0) is 17.7. The molecule has 0 aliphatic heterocycles. The lowest BCUT2D eigenvalue weighted by molar-refractivity contribution is -0.145. The minimum Gasteiger partial charge on any atom is -0.481 e. The van der Waals surface area contributed by atoms with E-state index in [-0.39, 0.29) is 0 Å². The van der Waals surface area contributed by atoms with Crippen LogP contribution in [0, 0.1) is 45.8 Å². The Labute approximate surface area is 129 Å². The summed E-state index contributed by atoms with van der Waals surface area (Å²) < 4.78 is 67.4. The molecule has 0 heterocycles. The van der Waals surface area contributed by atoms with Crippen LogP contribution in [0.5, 0.6) is 0 Å². The topological polar surface area (TPSA) is 37.3 Å². The molecule has 2 rings (SSSR count). The molecule has 0 bridgehead atoms. The second-order valence-corrected chi connectivity index (χ2v) is 6.23. The average molecular weight is 334 g/mol. The number of carboxylic acids is 1. The van der Waals surface area contributed by atoms with Crippen LogP contribution in [0.3, 0.4) is 0 Å². The second kappa shape index (κ2) is 5.32. The van der Waals surface area contributed by atoms with E-state index < -0.39 is 63.8 Å². The predicted molar refractivity (Wildman–Crippen MR) is 72.1 cm³/mol. The van der Waals surface area contributed by atoms with E-state index in [0.29, 0.717) is 0 Å². The Morgan fingerprint density at radius 2 is 1.48 bits per heavy atom. The van der Waals surface area contributed by atoms with Gasteiger partial charge < -0.3 is 5.11 Å². The van der Waals surface area contributed by atoms with Crippen molar-refractivity contribution >= 4 is 5.97 Å². The standard InChI is InChI=1S/C16H15F5O2/c1-4-5-8-15(2,3)16(8,14(22)23)6-7-9(17)11(19)13(21)12(20)10(7)18/h4-5,8H,6H2,1-3H3,(H,22,23)/b5-4+/t8?,16-/m0/s1. The number of benzene rings is 1. The van der Waals surface area contributed by atoms with Crippen molar-refractivity contribution in [2.45, 2.75) is 27.2 Å². The van der Waals surface area contributed by atoms with Gasteiger partial charge in [-0.3, -0.25) is 4.79 Å². The first-order valence-corrected chi connectivity index (χ1v) is 6.90. The van der Waals surface area contributed by atoms with E-state index in [1.807, 2.05) is 0 Å². The number of aliphatic carboxylic acids is 1. The van der Waals surface area contributed by atoms with Crippen molar-refractivity contribution in [3.05, 3.63) is 46.8 Å². The zero-order valence-electron chi connectivity index (χ0n) is 12.7. The highest BCUT2D eigenvalue weighted by Gasteiger charge is 2.74. The smallest absolute Gasteiger partial charge is 0.311 e. The molecule has 7 heteroatoms. The highest BCUT2D eigenvalue weighted by atomic mass is 19.2. The summed E-state index contributed by atoms with van der Waals surface area (Å²) in [7, 11) is 0. The first kappa shape index (κ1) is 17.4. The second-order valence-electron chi connectivity index (χ2n) is 6.23. The first-order valence-electron chi connectivity index (χ1n) is 6.90. The van der Waals surface area contributed by atoms with Crippen LogP contribution in [-0.2, 0) is 11.2 Å². The molecule has 1 saturated carbocycles. The average Bonchev–Trinajstić information content (AvgIpc) is 2.96. The Morgan fingerprint density at radius 3 is 1.87 bits per heavy atom. The lowest BCUT2D eigenvalue weighted by atomic mass is 9.87. The molecule has 1 aliphatic carbocycles. The van der Waals surface area contributed by atoms with Crippen LogP contribution < -0.4 is 0 Å². The summed E-state index contributed by atoms with van der Waals surface area (Å²) in [5.41, 5.74) is -3.60. The Balaban J connectivity index is 2.60. The van der Waals surface area contributed by atoms with Crippen LogP contribution in [0.25, 0.3) is 0 Å². The van der Waals surface area contributed by atoms with Crippen molar-refractivity contribution in [3.8, 4) is 0 Å². The van der Waals surface area contributed by atoms with Crippen LogP contribution >= 0.6 is 0 Å². The van der Waals surface area contributed by atoms with E-state index >= 15 is 0 Å². The fourth-order valence-electron chi connectivity index (χ4n) is 3.40.